The molecule has 1 heterocycles. The van der Waals surface area contributed by atoms with E-state index in [-0.39, 0.29) is 11.4 Å². The minimum Gasteiger partial charge on any atom is -0.478 e. The van der Waals surface area contributed by atoms with Crippen molar-refractivity contribution in [1.82, 2.24) is 4.57 Å². The third-order valence-corrected chi connectivity index (χ3v) is 3.23. The van der Waals surface area contributed by atoms with Crippen molar-refractivity contribution in [1.29, 1.82) is 0 Å². The highest BCUT2D eigenvalue weighted by atomic mass is 79.9. The van der Waals surface area contributed by atoms with Gasteiger partial charge in [-0.2, -0.15) is 0 Å². The van der Waals surface area contributed by atoms with Gasteiger partial charge in [-0.15, -0.1) is 0 Å². The summed E-state index contributed by atoms with van der Waals surface area (Å²) in [7, 11) is 1.68. The van der Waals surface area contributed by atoms with E-state index in [0.29, 0.717) is 15.5 Å². The van der Waals surface area contributed by atoms with Crippen molar-refractivity contribution in [2.45, 2.75) is 0 Å². The van der Waals surface area contributed by atoms with Gasteiger partial charge >= 0.3 is 5.97 Å². The van der Waals surface area contributed by atoms with Crippen molar-refractivity contribution in [2.24, 2.45) is 7.05 Å². The van der Waals surface area contributed by atoms with E-state index in [1.165, 1.54) is 18.2 Å². The summed E-state index contributed by atoms with van der Waals surface area (Å²) in [6.45, 7) is 0. The van der Waals surface area contributed by atoms with E-state index in [9.17, 15) is 9.18 Å². The Morgan fingerprint density at radius 3 is 2.80 bits per heavy atom. The summed E-state index contributed by atoms with van der Waals surface area (Å²) in [5.74, 6) is -1.41. The van der Waals surface area contributed by atoms with E-state index in [4.69, 9.17) is 5.11 Å². The predicted octanol–water partition coefficient (Wildman–Crippen LogP) is 2.78. The Kier molecular flexibility index (Phi) is 2.26. The van der Waals surface area contributed by atoms with Gasteiger partial charge in [0.2, 0.25) is 0 Å². The molecule has 2 rings (SSSR count). The first-order chi connectivity index (χ1) is 7.02. The van der Waals surface area contributed by atoms with E-state index >= 15 is 0 Å². The van der Waals surface area contributed by atoms with Crippen LogP contribution < -0.4 is 0 Å². The lowest BCUT2D eigenvalue weighted by Gasteiger charge is -1.96. The lowest BCUT2D eigenvalue weighted by Crippen LogP contribution is -1.96. The van der Waals surface area contributed by atoms with Gasteiger partial charge in [0.05, 0.1) is 11.1 Å². The quantitative estimate of drug-likeness (QED) is 0.867. The number of carboxylic acid groups (broad SMARTS) is 1. The van der Waals surface area contributed by atoms with E-state index in [1.807, 2.05) is 0 Å². The van der Waals surface area contributed by atoms with Crippen LogP contribution in [0.5, 0.6) is 0 Å². The second-order valence-corrected chi connectivity index (χ2v) is 3.94. The zero-order chi connectivity index (χ0) is 11.2. The fourth-order valence-electron chi connectivity index (χ4n) is 1.58. The molecule has 1 aromatic carbocycles. The lowest BCUT2D eigenvalue weighted by molar-refractivity contribution is 0.0697. The van der Waals surface area contributed by atoms with Crippen molar-refractivity contribution >= 4 is 32.8 Å². The second kappa shape index (κ2) is 3.34. The molecule has 0 spiro atoms. The molecule has 3 nitrogen and oxygen atoms in total. The minimum absolute atomic E-state index is 0.160. The predicted molar refractivity (Wildman–Crippen MR) is 57.5 cm³/mol. The molecule has 0 aliphatic rings. The highest BCUT2D eigenvalue weighted by Crippen LogP contribution is 2.29. The number of hydrogen-bond donors (Lipinski definition) is 1. The number of halogens is 2. The SMILES string of the molecule is Cn1c(Br)c(C(=O)O)c2ccc(F)cc21. The molecule has 0 radical (unpaired) electrons. The highest BCUT2D eigenvalue weighted by molar-refractivity contribution is 9.10. The number of aromatic nitrogens is 1. The third kappa shape index (κ3) is 1.43. The first kappa shape index (κ1) is 10.2. The average molecular weight is 272 g/mol. The van der Waals surface area contributed by atoms with Crippen LogP contribution in [-0.2, 0) is 7.05 Å². The standard InChI is InChI=1S/C10H7BrFNO2/c1-13-7-4-5(12)2-3-6(7)8(9(13)11)10(14)15/h2-4H,1H3,(H,14,15). The maximum atomic E-state index is 13.0. The summed E-state index contributed by atoms with van der Waals surface area (Å²) >= 11 is 3.18. The van der Waals surface area contributed by atoms with Crippen LogP contribution >= 0.6 is 15.9 Å². The Labute approximate surface area is 93.3 Å². The van der Waals surface area contributed by atoms with Crippen LogP contribution in [0.2, 0.25) is 0 Å². The van der Waals surface area contributed by atoms with Gasteiger partial charge in [-0.25, -0.2) is 9.18 Å². The maximum absolute atomic E-state index is 13.0. The average Bonchev–Trinajstić information content (AvgIpc) is 2.41. The molecule has 2 aromatic rings. The van der Waals surface area contributed by atoms with Gasteiger partial charge < -0.3 is 9.67 Å². The third-order valence-electron chi connectivity index (χ3n) is 2.31. The van der Waals surface area contributed by atoms with Crippen LogP contribution in [0, 0.1) is 5.82 Å². The fourth-order valence-corrected chi connectivity index (χ4v) is 2.16. The van der Waals surface area contributed by atoms with Gasteiger partial charge in [-0.3, -0.25) is 0 Å². The minimum atomic E-state index is -1.03. The number of benzene rings is 1. The zero-order valence-corrected chi connectivity index (χ0v) is 9.38. The van der Waals surface area contributed by atoms with Crippen molar-refractivity contribution in [3.8, 4) is 0 Å². The number of carbonyl (C=O) groups is 1. The smallest absolute Gasteiger partial charge is 0.339 e. The van der Waals surface area contributed by atoms with Crippen molar-refractivity contribution in [3.05, 3.63) is 34.2 Å². The summed E-state index contributed by atoms with van der Waals surface area (Å²) in [6.07, 6.45) is 0. The molecule has 0 saturated heterocycles. The molecule has 0 amide bonds. The number of fused-ring (bicyclic) bond motifs is 1. The van der Waals surface area contributed by atoms with Crippen LogP contribution in [0.15, 0.2) is 22.8 Å². The normalized spacial score (nSPS) is 10.9. The summed E-state index contributed by atoms with van der Waals surface area (Å²) in [5, 5.41) is 9.54. The van der Waals surface area contributed by atoms with E-state index in [0.717, 1.165) is 0 Å². The number of aromatic carboxylic acids is 1. The Morgan fingerprint density at radius 2 is 2.20 bits per heavy atom. The number of rotatable bonds is 1. The molecule has 0 aliphatic carbocycles. The van der Waals surface area contributed by atoms with Gasteiger partial charge in [0.15, 0.2) is 0 Å². The Balaban J connectivity index is 2.93. The summed E-state index contributed by atoms with van der Waals surface area (Å²) in [5.41, 5.74) is 0.715. The molecule has 1 N–H and O–H groups in total. The van der Waals surface area contributed by atoms with Crippen molar-refractivity contribution in [3.63, 3.8) is 0 Å². The van der Waals surface area contributed by atoms with Crippen LogP contribution in [0.1, 0.15) is 10.4 Å². The second-order valence-electron chi connectivity index (χ2n) is 3.19. The van der Waals surface area contributed by atoms with Gasteiger partial charge in [0.1, 0.15) is 10.4 Å². The molecule has 0 fully saturated rings. The Morgan fingerprint density at radius 1 is 1.53 bits per heavy atom. The molecule has 5 heteroatoms. The molecule has 0 saturated carbocycles. The van der Waals surface area contributed by atoms with Crippen LogP contribution in [0.3, 0.4) is 0 Å². The number of carboxylic acids is 1. The molecule has 0 unspecified atom stereocenters. The van der Waals surface area contributed by atoms with Gasteiger partial charge in [-0.1, -0.05) is 0 Å². The lowest BCUT2D eigenvalue weighted by atomic mass is 10.2. The number of aryl methyl sites for hydroxylation is 1. The van der Waals surface area contributed by atoms with Crippen LogP contribution in [0.25, 0.3) is 10.9 Å². The molecule has 0 atom stereocenters. The maximum Gasteiger partial charge on any atom is 0.339 e. The molecule has 78 valence electrons. The summed E-state index contributed by atoms with van der Waals surface area (Å²) in [4.78, 5) is 11.0. The Hall–Kier alpha value is -1.36. The molecular formula is C10H7BrFNO2. The van der Waals surface area contributed by atoms with Crippen molar-refractivity contribution < 1.29 is 14.3 Å². The van der Waals surface area contributed by atoms with E-state index < -0.39 is 5.97 Å². The molecule has 1 aromatic heterocycles. The Bertz CT molecular complexity index is 562. The molecular weight excluding hydrogens is 265 g/mol. The van der Waals surface area contributed by atoms with Crippen molar-refractivity contribution in [2.75, 3.05) is 0 Å². The molecule has 0 bridgehead atoms. The summed E-state index contributed by atoms with van der Waals surface area (Å²) < 4.78 is 15.0. The van der Waals surface area contributed by atoms with Crippen LogP contribution in [0.4, 0.5) is 4.39 Å². The first-order valence-electron chi connectivity index (χ1n) is 4.19. The fraction of sp³-hybridized carbons (Fsp3) is 0.100. The highest BCUT2D eigenvalue weighted by Gasteiger charge is 2.18. The van der Waals surface area contributed by atoms with E-state index in [1.54, 1.807) is 11.6 Å². The van der Waals surface area contributed by atoms with Crippen LogP contribution in [-0.4, -0.2) is 15.6 Å². The summed E-state index contributed by atoms with van der Waals surface area (Å²) in [6, 6.07) is 4.03. The van der Waals surface area contributed by atoms with E-state index in [2.05, 4.69) is 15.9 Å². The number of nitrogens with zero attached hydrogens (tertiary/aromatic N) is 1. The first-order valence-corrected chi connectivity index (χ1v) is 4.98. The number of hydrogen-bond acceptors (Lipinski definition) is 1. The van der Waals surface area contributed by atoms with Gasteiger partial charge in [-0.05, 0) is 34.1 Å². The van der Waals surface area contributed by atoms with Gasteiger partial charge in [0, 0.05) is 12.4 Å². The van der Waals surface area contributed by atoms with Gasteiger partial charge in [0.25, 0.3) is 0 Å². The largest absolute Gasteiger partial charge is 0.478 e. The molecule has 15 heavy (non-hydrogen) atoms. The topological polar surface area (TPSA) is 42.2 Å². The molecule has 0 aliphatic heterocycles. The zero-order valence-electron chi connectivity index (χ0n) is 7.79. The monoisotopic (exact) mass is 271 g/mol.